The summed E-state index contributed by atoms with van der Waals surface area (Å²) in [6.45, 7) is 1.88. The minimum Gasteiger partial charge on any atom is -0.496 e. The van der Waals surface area contributed by atoms with Gasteiger partial charge in [-0.05, 0) is 75.7 Å². The van der Waals surface area contributed by atoms with E-state index < -0.39 is 10.0 Å². The van der Waals surface area contributed by atoms with E-state index in [1.165, 1.54) is 0 Å². The highest BCUT2D eigenvalue weighted by molar-refractivity contribution is 7.92. The molecule has 6 heteroatoms. The van der Waals surface area contributed by atoms with Gasteiger partial charge in [0.05, 0.1) is 17.7 Å². The molecule has 140 valence electrons. The molecule has 0 bridgehead atoms. The summed E-state index contributed by atoms with van der Waals surface area (Å²) in [4.78, 5) is 2.50. The molecule has 0 unspecified atom stereocenters. The fourth-order valence-electron chi connectivity index (χ4n) is 3.54. The van der Waals surface area contributed by atoms with Gasteiger partial charge in [-0.15, -0.1) is 0 Å². The monoisotopic (exact) mass is 374 g/mol. The molecule has 1 N–H and O–H groups in total. The first kappa shape index (κ1) is 18.7. The van der Waals surface area contributed by atoms with Gasteiger partial charge in [0.15, 0.2) is 0 Å². The second-order valence-corrected chi connectivity index (χ2v) is 8.74. The molecule has 0 saturated carbocycles. The molecule has 0 spiro atoms. The van der Waals surface area contributed by atoms with E-state index in [2.05, 4.69) is 23.7 Å². The van der Waals surface area contributed by atoms with E-state index >= 15 is 0 Å². The number of nitrogens with zero attached hydrogens (tertiary/aromatic N) is 1. The SMILES string of the molecule is COc1ccc(NS(=O)(=O)c2cccc(C)c2)c2c1C[C@@H](N(C)C)CC2. The molecule has 0 heterocycles. The smallest absolute Gasteiger partial charge is 0.261 e. The third-order valence-electron chi connectivity index (χ3n) is 5.05. The van der Waals surface area contributed by atoms with Gasteiger partial charge in [-0.2, -0.15) is 0 Å². The third-order valence-corrected chi connectivity index (χ3v) is 6.41. The van der Waals surface area contributed by atoms with Gasteiger partial charge in [0, 0.05) is 11.6 Å². The van der Waals surface area contributed by atoms with E-state index in [9.17, 15) is 8.42 Å². The summed E-state index contributed by atoms with van der Waals surface area (Å²) in [5.74, 6) is 0.824. The lowest BCUT2D eigenvalue weighted by atomic mass is 9.86. The molecule has 0 aliphatic heterocycles. The second kappa shape index (κ2) is 7.29. The van der Waals surface area contributed by atoms with Gasteiger partial charge in [0.25, 0.3) is 10.0 Å². The van der Waals surface area contributed by atoms with Crippen molar-refractivity contribution in [3.05, 3.63) is 53.1 Å². The van der Waals surface area contributed by atoms with Gasteiger partial charge < -0.3 is 9.64 Å². The summed E-state index contributed by atoms with van der Waals surface area (Å²) in [5.41, 5.74) is 3.71. The van der Waals surface area contributed by atoms with Gasteiger partial charge in [0.2, 0.25) is 0 Å². The highest BCUT2D eigenvalue weighted by atomic mass is 32.2. The Morgan fingerprint density at radius 3 is 2.58 bits per heavy atom. The van der Waals surface area contributed by atoms with Crippen molar-refractivity contribution in [3.8, 4) is 5.75 Å². The maximum Gasteiger partial charge on any atom is 0.261 e. The van der Waals surface area contributed by atoms with E-state index in [0.29, 0.717) is 11.7 Å². The van der Waals surface area contributed by atoms with Crippen LogP contribution in [0.3, 0.4) is 0 Å². The predicted octanol–water partition coefficient (Wildman–Crippen LogP) is 3.22. The highest BCUT2D eigenvalue weighted by Crippen LogP contribution is 2.36. The van der Waals surface area contributed by atoms with Crippen molar-refractivity contribution in [1.82, 2.24) is 4.90 Å². The lowest BCUT2D eigenvalue weighted by Gasteiger charge is -2.32. The number of methoxy groups -OCH3 is 1. The molecule has 1 aliphatic rings. The van der Waals surface area contributed by atoms with E-state index in [1.807, 2.05) is 19.1 Å². The molecule has 2 aromatic rings. The molecule has 5 nitrogen and oxygen atoms in total. The van der Waals surface area contributed by atoms with Crippen LogP contribution in [0.4, 0.5) is 5.69 Å². The first-order chi connectivity index (χ1) is 12.3. The van der Waals surface area contributed by atoms with Crippen LogP contribution in [-0.2, 0) is 22.9 Å². The van der Waals surface area contributed by atoms with E-state index in [0.717, 1.165) is 41.7 Å². The zero-order valence-electron chi connectivity index (χ0n) is 15.7. The Labute approximate surface area is 156 Å². The fraction of sp³-hybridized carbons (Fsp3) is 0.400. The standard InChI is InChI=1S/C20H26N2O3S/c1-14-6-5-7-16(12-14)26(23,24)21-19-10-11-20(25-4)18-13-15(22(2)3)8-9-17(18)19/h5-7,10-12,15,21H,8-9,13H2,1-4H3/t15-/m0/s1. The maximum atomic E-state index is 12.8. The van der Waals surface area contributed by atoms with Crippen LogP contribution >= 0.6 is 0 Å². The quantitative estimate of drug-likeness (QED) is 0.873. The zero-order valence-corrected chi connectivity index (χ0v) is 16.6. The number of anilines is 1. The molecule has 0 amide bonds. The summed E-state index contributed by atoms with van der Waals surface area (Å²) in [6.07, 6.45) is 2.67. The lowest BCUT2D eigenvalue weighted by molar-refractivity contribution is 0.265. The third kappa shape index (κ3) is 3.71. The molecule has 0 radical (unpaired) electrons. The van der Waals surface area contributed by atoms with E-state index in [-0.39, 0.29) is 4.90 Å². The number of benzene rings is 2. The minimum atomic E-state index is -3.62. The van der Waals surface area contributed by atoms with Crippen LogP contribution in [0, 0.1) is 6.92 Å². The number of hydrogen-bond acceptors (Lipinski definition) is 4. The predicted molar refractivity (Wildman–Crippen MR) is 104 cm³/mol. The molecule has 26 heavy (non-hydrogen) atoms. The van der Waals surface area contributed by atoms with Crippen molar-refractivity contribution in [2.75, 3.05) is 25.9 Å². The molecule has 0 saturated heterocycles. The summed E-state index contributed by atoms with van der Waals surface area (Å²) >= 11 is 0. The number of aryl methyl sites for hydroxylation is 1. The van der Waals surface area contributed by atoms with Crippen LogP contribution in [0.15, 0.2) is 41.3 Å². The first-order valence-corrected chi connectivity index (χ1v) is 10.2. The van der Waals surface area contributed by atoms with Crippen LogP contribution in [0.5, 0.6) is 5.75 Å². The lowest BCUT2D eigenvalue weighted by Crippen LogP contribution is -2.34. The average molecular weight is 375 g/mol. The fourth-order valence-corrected chi connectivity index (χ4v) is 4.74. The molecule has 0 fully saturated rings. The highest BCUT2D eigenvalue weighted by Gasteiger charge is 2.27. The Kier molecular flexibility index (Phi) is 5.25. The van der Waals surface area contributed by atoms with Crippen molar-refractivity contribution in [1.29, 1.82) is 0 Å². The number of ether oxygens (including phenoxy) is 1. The van der Waals surface area contributed by atoms with Crippen LogP contribution in [0.1, 0.15) is 23.1 Å². The molecule has 2 aromatic carbocycles. The van der Waals surface area contributed by atoms with Gasteiger partial charge in [0.1, 0.15) is 5.75 Å². The normalized spacial score (nSPS) is 17.0. The largest absolute Gasteiger partial charge is 0.496 e. The zero-order chi connectivity index (χ0) is 18.9. The molecular formula is C20H26N2O3S. The van der Waals surface area contributed by atoms with Crippen LogP contribution < -0.4 is 9.46 Å². The van der Waals surface area contributed by atoms with Gasteiger partial charge in [-0.1, -0.05) is 12.1 Å². The molecular weight excluding hydrogens is 348 g/mol. The average Bonchev–Trinajstić information content (AvgIpc) is 2.61. The molecule has 0 aromatic heterocycles. The van der Waals surface area contributed by atoms with Crippen molar-refractivity contribution < 1.29 is 13.2 Å². The first-order valence-electron chi connectivity index (χ1n) is 8.76. The van der Waals surface area contributed by atoms with E-state index in [1.54, 1.807) is 31.4 Å². The van der Waals surface area contributed by atoms with Crippen LogP contribution in [0.25, 0.3) is 0 Å². The minimum absolute atomic E-state index is 0.282. The van der Waals surface area contributed by atoms with Gasteiger partial charge in [-0.3, -0.25) is 4.72 Å². The van der Waals surface area contributed by atoms with Crippen molar-refractivity contribution in [2.24, 2.45) is 0 Å². The molecule has 1 aliphatic carbocycles. The number of sulfonamides is 1. The Hall–Kier alpha value is -2.05. The summed E-state index contributed by atoms with van der Waals surface area (Å²) in [6, 6.07) is 11.0. The van der Waals surface area contributed by atoms with E-state index in [4.69, 9.17) is 4.74 Å². The van der Waals surface area contributed by atoms with Gasteiger partial charge in [-0.25, -0.2) is 8.42 Å². The summed E-state index contributed by atoms with van der Waals surface area (Å²) < 4.78 is 34.0. The number of hydrogen-bond donors (Lipinski definition) is 1. The second-order valence-electron chi connectivity index (χ2n) is 7.05. The number of nitrogens with one attached hydrogen (secondary N) is 1. The molecule has 1 atom stereocenters. The van der Waals surface area contributed by atoms with Crippen LogP contribution in [-0.4, -0.2) is 40.6 Å². The van der Waals surface area contributed by atoms with Crippen molar-refractivity contribution in [2.45, 2.75) is 37.1 Å². The Balaban J connectivity index is 1.98. The number of likely N-dealkylation sites (N-methyl/N-ethyl adjacent to an activating group) is 1. The van der Waals surface area contributed by atoms with Crippen molar-refractivity contribution in [3.63, 3.8) is 0 Å². The van der Waals surface area contributed by atoms with Crippen LogP contribution in [0.2, 0.25) is 0 Å². The number of rotatable bonds is 5. The van der Waals surface area contributed by atoms with Crippen molar-refractivity contribution >= 4 is 15.7 Å². The topological polar surface area (TPSA) is 58.6 Å². The maximum absolute atomic E-state index is 12.8. The molecule has 3 rings (SSSR count). The Morgan fingerprint density at radius 2 is 1.92 bits per heavy atom. The summed E-state index contributed by atoms with van der Waals surface area (Å²) in [7, 11) is 2.19. The summed E-state index contributed by atoms with van der Waals surface area (Å²) in [5, 5.41) is 0. The van der Waals surface area contributed by atoms with Gasteiger partial charge >= 0.3 is 0 Å². The number of fused-ring (bicyclic) bond motifs is 1. The Bertz CT molecular complexity index is 907. The Morgan fingerprint density at radius 1 is 1.15 bits per heavy atom.